The van der Waals surface area contributed by atoms with E-state index in [2.05, 4.69) is 0 Å². The summed E-state index contributed by atoms with van der Waals surface area (Å²) < 4.78 is 5.14. The molecular weight excluding hydrogens is 194 g/mol. The van der Waals surface area contributed by atoms with Crippen molar-refractivity contribution in [2.45, 2.75) is 6.42 Å². The molecule has 1 aliphatic rings. The van der Waals surface area contributed by atoms with Crippen molar-refractivity contribution in [3.63, 3.8) is 0 Å². The molecule has 0 spiro atoms. The average Bonchev–Trinajstić information content (AvgIpc) is 2.60. The predicted octanol–water partition coefficient (Wildman–Crippen LogP) is 1.00. The molecule has 1 aromatic carbocycles. The predicted molar refractivity (Wildman–Crippen MR) is 55.0 cm³/mol. The molecule has 0 aromatic heterocycles. The molecule has 2 rings (SSSR count). The highest BCUT2D eigenvalue weighted by atomic mass is 16.5. The van der Waals surface area contributed by atoms with E-state index in [0.29, 0.717) is 18.0 Å². The van der Waals surface area contributed by atoms with Crippen molar-refractivity contribution in [2.24, 2.45) is 0 Å². The number of nitrogens with zero attached hydrogens (tertiary/aromatic N) is 1. The maximum absolute atomic E-state index is 11.5. The van der Waals surface area contributed by atoms with Crippen molar-refractivity contribution in [3.05, 3.63) is 24.3 Å². The first-order valence-corrected chi connectivity index (χ1v) is 4.71. The van der Waals surface area contributed by atoms with E-state index in [4.69, 9.17) is 4.74 Å². The van der Waals surface area contributed by atoms with Gasteiger partial charge in [-0.1, -0.05) is 12.1 Å². The molecule has 4 nitrogen and oxygen atoms in total. The zero-order chi connectivity index (χ0) is 10.8. The summed E-state index contributed by atoms with van der Waals surface area (Å²) in [6, 6.07) is 7.18. The summed E-state index contributed by atoms with van der Waals surface area (Å²) in [6.07, 6.45) is 0.289. The molecule has 0 N–H and O–H groups in total. The Morgan fingerprint density at radius 3 is 2.60 bits per heavy atom. The molecule has 1 aromatic rings. The quantitative estimate of drug-likeness (QED) is 0.677. The summed E-state index contributed by atoms with van der Waals surface area (Å²) in [5.74, 6) is -0.166. The number of Topliss-reactive ketones (excluding diaryl/α,β-unsaturated/α-hetero) is 1. The number of ketones is 1. The van der Waals surface area contributed by atoms with Crippen LogP contribution in [0.4, 0.5) is 5.69 Å². The monoisotopic (exact) mass is 205 g/mol. The van der Waals surface area contributed by atoms with Crippen molar-refractivity contribution in [1.82, 2.24) is 0 Å². The molecule has 1 heterocycles. The lowest BCUT2D eigenvalue weighted by Crippen LogP contribution is -2.27. The van der Waals surface area contributed by atoms with Gasteiger partial charge in [-0.3, -0.25) is 9.59 Å². The van der Waals surface area contributed by atoms with E-state index in [-0.39, 0.29) is 12.2 Å². The van der Waals surface area contributed by atoms with Crippen LogP contribution in [-0.2, 0) is 9.59 Å². The molecule has 0 bridgehead atoms. The number of para-hydroxylation sites is 2. The number of hydrogen-bond donors (Lipinski definition) is 0. The first kappa shape index (κ1) is 9.71. The minimum absolute atomic E-state index is 0.289. The number of carbonyl (C=O) groups is 2. The Balaban J connectivity index is 2.37. The average molecular weight is 205 g/mol. The molecule has 0 saturated carbocycles. The number of rotatable bonds is 2. The highest BCUT2D eigenvalue weighted by Gasteiger charge is 2.31. The van der Waals surface area contributed by atoms with Gasteiger partial charge in [0, 0.05) is 13.0 Å². The van der Waals surface area contributed by atoms with Gasteiger partial charge in [-0.2, -0.15) is 0 Å². The van der Waals surface area contributed by atoms with Gasteiger partial charge in [-0.15, -0.1) is 0 Å². The standard InChI is InChI=1S/C11H11NO3/c1-15-10-5-3-2-4-8(10)12-7-6-9(13)11(12)14/h2-5H,6-7H2,1H3. The van der Waals surface area contributed by atoms with Crippen molar-refractivity contribution in [3.8, 4) is 5.75 Å². The van der Waals surface area contributed by atoms with Gasteiger partial charge in [-0.25, -0.2) is 0 Å². The van der Waals surface area contributed by atoms with Crippen LogP contribution in [0.1, 0.15) is 6.42 Å². The number of carbonyl (C=O) groups excluding carboxylic acids is 2. The van der Waals surface area contributed by atoms with E-state index in [9.17, 15) is 9.59 Å². The summed E-state index contributed by atoms with van der Waals surface area (Å²) in [7, 11) is 1.54. The van der Waals surface area contributed by atoms with Crippen LogP contribution in [0, 0.1) is 0 Å². The van der Waals surface area contributed by atoms with Gasteiger partial charge in [-0.05, 0) is 12.1 Å². The number of methoxy groups -OCH3 is 1. The van der Waals surface area contributed by atoms with E-state index < -0.39 is 5.91 Å². The lowest BCUT2D eigenvalue weighted by Gasteiger charge is -2.17. The first-order valence-electron chi connectivity index (χ1n) is 4.71. The Hall–Kier alpha value is -1.84. The fourth-order valence-electron chi connectivity index (χ4n) is 1.65. The Morgan fingerprint density at radius 2 is 2.00 bits per heavy atom. The Morgan fingerprint density at radius 1 is 1.27 bits per heavy atom. The minimum Gasteiger partial charge on any atom is -0.495 e. The Labute approximate surface area is 87.4 Å². The maximum Gasteiger partial charge on any atom is 0.294 e. The summed E-state index contributed by atoms with van der Waals surface area (Å²) in [6.45, 7) is 0.442. The topological polar surface area (TPSA) is 46.6 Å². The number of amides is 1. The molecule has 0 unspecified atom stereocenters. The van der Waals surface area contributed by atoms with Crippen LogP contribution in [0.25, 0.3) is 0 Å². The second kappa shape index (κ2) is 3.73. The molecule has 78 valence electrons. The van der Waals surface area contributed by atoms with Gasteiger partial charge in [0.05, 0.1) is 12.8 Å². The molecule has 15 heavy (non-hydrogen) atoms. The zero-order valence-corrected chi connectivity index (χ0v) is 8.40. The number of benzene rings is 1. The van der Waals surface area contributed by atoms with E-state index in [1.165, 1.54) is 4.90 Å². The SMILES string of the molecule is COc1ccccc1N1CCC(=O)C1=O. The van der Waals surface area contributed by atoms with E-state index in [1.54, 1.807) is 19.2 Å². The highest BCUT2D eigenvalue weighted by molar-refractivity contribution is 6.43. The Kier molecular flexibility index (Phi) is 2.41. The third kappa shape index (κ3) is 1.58. The lowest BCUT2D eigenvalue weighted by atomic mass is 10.2. The van der Waals surface area contributed by atoms with Gasteiger partial charge >= 0.3 is 0 Å². The smallest absolute Gasteiger partial charge is 0.294 e. The van der Waals surface area contributed by atoms with Crippen molar-refractivity contribution < 1.29 is 14.3 Å². The molecule has 0 atom stereocenters. The second-order valence-corrected chi connectivity index (χ2v) is 3.30. The summed E-state index contributed by atoms with van der Waals surface area (Å²) in [4.78, 5) is 24.1. The second-order valence-electron chi connectivity index (χ2n) is 3.30. The fraction of sp³-hybridized carbons (Fsp3) is 0.273. The Bertz CT molecular complexity index is 414. The van der Waals surface area contributed by atoms with Crippen molar-refractivity contribution in [1.29, 1.82) is 0 Å². The third-order valence-corrected chi connectivity index (χ3v) is 2.42. The van der Waals surface area contributed by atoms with Crippen molar-refractivity contribution >= 4 is 17.4 Å². The molecule has 0 radical (unpaired) electrons. The first-order chi connectivity index (χ1) is 7.24. The number of ether oxygens (including phenoxy) is 1. The fourth-order valence-corrected chi connectivity index (χ4v) is 1.65. The molecule has 1 amide bonds. The van der Waals surface area contributed by atoms with Crippen LogP contribution in [0.2, 0.25) is 0 Å². The largest absolute Gasteiger partial charge is 0.495 e. The van der Waals surface area contributed by atoms with Crippen LogP contribution < -0.4 is 9.64 Å². The van der Waals surface area contributed by atoms with Gasteiger partial charge in [0.15, 0.2) is 0 Å². The number of anilines is 1. The van der Waals surface area contributed by atoms with Gasteiger partial charge < -0.3 is 9.64 Å². The van der Waals surface area contributed by atoms with Crippen LogP contribution in [0.15, 0.2) is 24.3 Å². The van der Waals surface area contributed by atoms with Crippen LogP contribution in [0.3, 0.4) is 0 Å². The summed E-state index contributed by atoms with van der Waals surface area (Å²) in [5.41, 5.74) is 0.663. The normalized spacial score (nSPS) is 15.9. The van der Waals surface area contributed by atoms with Crippen LogP contribution >= 0.6 is 0 Å². The summed E-state index contributed by atoms with van der Waals surface area (Å²) in [5, 5.41) is 0. The maximum atomic E-state index is 11.5. The molecular formula is C11H11NO3. The molecule has 1 saturated heterocycles. The molecule has 4 heteroatoms. The van der Waals surface area contributed by atoms with E-state index in [1.807, 2.05) is 12.1 Å². The van der Waals surface area contributed by atoms with Crippen LogP contribution in [-0.4, -0.2) is 25.3 Å². The highest BCUT2D eigenvalue weighted by Crippen LogP contribution is 2.29. The van der Waals surface area contributed by atoms with Crippen molar-refractivity contribution in [2.75, 3.05) is 18.6 Å². The lowest BCUT2D eigenvalue weighted by molar-refractivity contribution is -0.133. The molecule has 1 aliphatic heterocycles. The zero-order valence-electron chi connectivity index (χ0n) is 8.40. The molecule has 0 aliphatic carbocycles. The van der Waals surface area contributed by atoms with Gasteiger partial charge in [0.2, 0.25) is 5.78 Å². The van der Waals surface area contributed by atoms with Gasteiger partial charge in [0.25, 0.3) is 5.91 Å². The minimum atomic E-state index is -0.445. The summed E-state index contributed by atoms with van der Waals surface area (Å²) >= 11 is 0. The van der Waals surface area contributed by atoms with Crippen LogP contribution in [0.5, 0.6) is 5.75 Å². The number of hydrogen-bond acceptors (Lipinski definition) is 3. The third-order valence-electron chi connectivity index (χ3n) is 2.42. The van der Waals surface area contributed by atoms with E-state index >= 15 is 0 Å². The molecule has 1 fully saturated rings. The van der Waals surface area contributed by atoms with E-state index in [0.717, 1.165) is 0 Å². The van der Waals surface area contributed by atoms with Gasteiger partial charge in [0.1, 0.15) is 5.75 Å².